The molecule has 0 aromatic carbocycles. The smallest absolute Gasteiger partial charge is 0.158 e. The Labute approximate surface area is 79.8 Å². The van der Waals surface area contributed by atoms with Crippen LogP contribution in [0.2, 0.25) is 0 Å². The third kappa shape index (κ3) is 2.44. The number of hydrogen-bond donors (Lipinski definition) is 1. The normalized spacial score (nSPS) is 25.3. The van der Waals surface area contributed by atoms with Crippen LogP contribution in [-0.2, 0) is 4.84 Å². The maximum Gasteiger partial charge on any atom is 0.158 e. The van der Waals surface area contributed by atoms with E-state index in [1.165, 1.54) is 0 Å². The Kier molecular flexibility index (Phi) is 2.96. The van der Waals surface area contributed by atoms with Crippen LogP contribution in [0.15, 0.2) is 5.16 Å². The summed E-state index contributed by atoms with van der Waals surface area (Å²) in [7, 11) is 0. The van der Waals surface area contributed by atoms with Gasteiger partial charge in [-0.1, -0.05) is 32.9 Å². The van der Waals surface area contributed by atoms with Crippen LogP contribution in [0.4, 0.5) is 0 Å². The van der Waals surface area contributed by atoms with E-state index in [2.05, 4.69) is 25.9 Å². The summed E-state index contributed by atoms with van der Waals surface area (Å²) in [4.78, 5) is 5.18. The lowest BCUT2D eigenvalue weighted by atomic mass is 9.86. The minimum atomic E-state index is -0.386. The van der Waals surface area contributed by atoms with Gasteiger partial charge in [-0.15, -0.1) is 0 Å². The summed E-state index contributed by atoms with van der Waals surface area (Å²) in [5, 5.41) is 13.6. The summed E-state index contributed by atoms with van der Waals surface area (Å²) in [5.41, 5.74) is 1.10. The fourth-order valence-corrected chi connectivity index (χ4v) is 1.31. The van der Waals surface area contributed by atoms with Crippen LogP contribution >= 0.6 is 0 Å². The van der Waals surface area contributed by atoms with Gasteiger partial charge < -0.3 is 9.94 Å². The van der Waals surface area contributed by atoms with Gasteiger partial charge in [0.25, 0.3) is 0 Å². The lowest BCUT2D eigenvalue weighted by Gasteiger charge is -2.18. The van der Waals surface area contributed by atoms with Gasteiger partial charge in [0.2, 0.25) is 0 Å². The molecule has 1 heterocycles. The molecule has 3 heteroatoms. The van der Waals surface area contributed by atoms with E-state index in [-0.39, 0.29) is 17.6 Å². The minimum Gasteiger partial charge on any atom is -0.389 e. The molecule has 0 aromatic rings. The van der Waals surface area contributed by atoms with E-state index in [1.54, 1.807) is 0 Å². The molecule has 0 saturated carbocycles. The van der Waals surface area contributed by atoms with Crippen molar-refractivity contribution in [3.8, 4) is 0 Å². The molecule has 2 atom stereocenters. The summed E-state index contributed by atoms with van der Waals surface area (Å²) in [6.07, 6.45) is 0.971. The predicted molar refractivity (Wildman–Crippen MR) is 52.7 cm³/mol. The summed E-state index contributed by atoms with van der Waals surface area (Å²) in [6, 6.07) is 0. The van der Waals surface area contributed by atoms with Crippen LogP contribution in [0, 0.1) is 5.41 Å². The summed E-state index contributed by atoms with van der Waals surface area (Å²) in [5.74, 6) is 0. The summed E-state index contributed by atoms with van der Waals surface area (Å²) < 4.78 is 0. The van der Waals surface area contributed by atoms with Crippen LogP contribution in [-0.4, -0.2) is 23.0 Å². The highest BCUT2D eigenvalue weighted by Crippen LogP contribution is 2.27. The molecule has 1 aliphatic rings. The summed E-state index contributed by atoms with van der Waals surface area (Å²) >= 11 is 0. The highest BCUT2D eigenvalue weighted by atomic mass is 16.7. The molecular formula is C10H19NO2. The zero-order valence-corrected chi connectivity index (χ0v) is 8.87. The molecule has 0 amide bonds. The van der Waals surface area contributed by atoms with E-state index in [0.29, 0.717) is 0 Å². The molecular weight excluding hydrogens is 166 g/mol. The molecule has 0 saturated heterocycles. The molecule has 1 rings (SSSR count). The number of nitrogens with zero attached hydrogens (tertiary/aromatic N) is 1. The molecule has 0 spiro atoms. The first kappa shape index (κ1) is 10.5. The van der Waals surface area contributed by atoms with Crippen LogP contribution in [0.25, 0.3) is 0 Å². The lowest BCUT2D eigenvalue weighted by molar-refractivity contribution is -0.0182. The average molecular weight is 185 g/mol. The van der Waals surface area contributed by atoms with E-state index >= 15 is 0 Å². The molecule has 0 unspecified atom stereocenters. The second-order valence-electron chi connectivity index (χ2n) is 4.61. The topological polar surface area (TPSA) is 41.8 Å². The molecule has 76 valence electrons. The van der Waals surface area contributed by atoms with Gasteiger partial charge in [-0.05, 0) is 6.42 Å². The maximum atomic E-state index is 9.54. The molecule has 0 bridgehead atoms. The third-order valence-electron chi connectivity index (χ3n) is 2.41. The van der Waals surface area contributed by atoms with Crippen molar-refractivity contribution in [3.05, 3.63) is 0 Å². The highest BCUT2D eigenvalue weighted by molar-refractivity contribution is 5.90. The van der Waals surface area contributed by atoms with Gasteiger partial charge in [0.05, 0.1) is 11.8 Å². The van der Waals surface area contributed by atoms with Gasteiger partial charge >= 0.3 is 0 Å². The molecule has 0 fully saturated rings. The van der Waals surface area contributed by atoms with Crippen LogP contribution in [0.1, 0.15) is 40.5 Å². The van der Waals surface area contributed by atoms with Crippen molar-refractivity contribution in [3.63, 3.8) is 0 Å². The predicted octanol–water partition coefficient (Wildman–Crippen LogP) is 1.95. The van der Waals surface area contributed by atoms with E-state index < -0.39 is 0 Å². The maximum absolute atomic E-state index is 9.54. The van der Waals surface area contributed by atoms with Crippen molar-refractivity contribution in [1.29, 1.82) is 0 Å². The van der Waals surface area contributed by atoms with Gasteiger partial charge in [-0.2, -0.15) is 0 Å². The highest BCUT2D eigenvalue weighted by Gasteiger charge is 2.32. The Morgan fingerprint density at radius 1 is 1.62 bits per heavy atom. The Balaban J connectivity index is 2.52. The van der Waals surface area contributed by atoms with Gasteiger partial charge in [0, 0.05) is 11.8 Å². The monoisotopic (exact) mass is 185 g/mol. The van der Waals surface area contributed by atoms with Gasteiger partial charge in [0.1, 0.15) is 0 Å². The van der Waals surface area contributed by atoms with E-state index in [1.807, 2.05) is 6.92 Å². The minimum absolute atomic E-state index is 0.0577. The van der Waals surface area contributed by atoms with Crippen molar-refractivity contribution in [1.82, 2.24) is 0 Å². The number of aliphatic hydroxyl groups is 1. The average Bonchev–Trinajstić information content (AvgIpc) is 2.50. The van der Waals surface area contributed by atoms with Crippen molar-refractivity contribution in [2.45, 2.75) is 52.7 Å². The molecule has 1 N–H and O–H groups in total. The first-order valence-corrected chi connectivity index (χ1v) is 4.86. The quantitative estimate of drug-likeness (QED) is 0.714. The van der Waals surface area contributed by atoms with Crippen molar-refractivity contribution in [2.24, 2.45) is 10.6 Å². The Hall–Kier alpha value is -0.570. The molecule has 13 heavy (non-hydrogen) atoms. The molecule has 0 radical (unpaired) electrons. The van der Waals surface area contributed by atoms with Crippen molar-refractivity contribution < 1.29 is 9.94 Å². The standard InChI is InChI=1S/C10H19NO2/c1-5-7(12)8-6-9(11-13-8)10(2,3)4/h7-8,12H,5-6H2,1-4H3/t7-,8+/m1/s1. The number of aliphatic hydroxyl groups excluding tert-OH is 1. The van der Waals surface area contributed by atoms with Crippen LogP contribution in [0.5, 0.6) is 0 Å². The van der Waals surface area contributed by atoms with Crippen LogP contribution in [0.3, 0.4) is 0 Å². The molecule has 1 aliphatic heterocycles. The fourth-order valence-electron chi connectivity index (χ4n) is 1.31. The zero-order chi connectivity index (χ0) is 10.1. The SMILES string of the molecule is CC[C@@H](O)[C@@H]1CC(C(C)(C)C)=NO1. The first-order chi connectivity index (χ1) is 5.95. The number of oxime groups is 1. The van der Waals surface area contributed by atoms with E-state index in [4.69, 9.17) is 4.84 Å². The molecule has 0 aliphatic carbocycles. The van der Waals surface area contributed by atoms with Gasteiger partial charge in [-0.3, -0.25) is 0 Å². The molecule has 0 aromatic heterocycles. The largest absolute Gasteiger partial charge is 0.389 e. The second-order valence-corrected chi connectivity index (χ2v) is 4.61. The number of hydrogen-bond acceptors (Lipinski definition) is 3. The molecule has 3 nitrogen and oxygen atoms in total. The first-order valence-electron chi connectivity index (χ1n) is 4.86. The Morgan fingerprint density at radius 3 is 2.62 bits per heavy atom. The number of rotatable bonds is 2. The Bertz CT molecular complexity index is 205. The van der Waals surface area contributed by atoms with E-state index in [0.717, 1.165) is 18.6 Å². The van der Waals surface area contributed by atoms with Crippen molar-refractivity contribution in [2.75, 3.05) is 0 Å². The van der Waals surface area contributed by atoms with Gasteiger partial charge in [0.15, 0.2) is 6.10 Å². The Morgan fingerprint density at radius 2 is 2.23 bits per heavy atom. The van der Waals surface area contributed by atoms with Crippen LogP contribution < -0.4 is 0 Å². The van der Waals surface area contributed by atoms with Gasteiger partial charge in [-0.25, -0.2) is 0 Å². The summed E-state index contributed by atoms with van der Waals surface area (Å²) in [6.45, 7) is 8.27. The van der Waals surface area contributed by atoms with E-state index in [9.17, 15) is 5.11 Å². The third-order valence-corrected chi connectivity index (χ3v) is 2.41. The van der Waals surface area contributed by atoms with Crippen molar-refractivity contribution >= 4 is 5.71 Å². The lowest BCUT2D eigenvalue weighted by Crippen LogP contribution is -2.28. The zero-order valence-electron chi connectivity index (χ0n) is 8.87. The second kappa shape index (κ2) is 3.66. The fraction of sp³-hybridized carbons (Fsp3) is 0.900.